The molecule has 0 spiro atoms. The second-order valence-electron chi connectivity index (χ2n) is 4.34. The highest BCUT2D eigenvalue weighted by atomic mass is 16.5. The number of amides is 2. The Morgan fingerprint density at radius 2 is 2.10 bits per heavy atom. The molecule has 1 aromatic rings. The Balaban J connectivity index is 2.37. The van der Waals surface area contributed by atoms with Crippen molar-refractivity contribution in [2.45, 2.75) is 26.7 Å². The average molecular weight is 297 g/mol. The van der Waals surface area contributed by atoms with Crippen molar-refractivity contribution in [3.63, 3.8) is 0 Å². The predicted molar refractivity (Wildman–Crippen MR) is 75.4 cm³/mol. The number of ether oxygens (including phenoxy) is 1. The molecule has 8 nitrogen and oxygen atoms in total. The minimum atomic E-state index is -1.15. The van der Waals surface area contributed by atoms with Gasteiger partial charge in [-0.25, -0.2) is 9.59 Å². The zero-order valence-corrected chi connectivity index (χ0v) is 12.0. The predicted octanol–water partition coefficient (Wildman–Crippen LogP) is 1.49. The van der Waals surface area contributed by atoms with Crippen molar-refractivity contribution >= 4 is 23.7 Å². The highest BCUT2D eigenvalue weighted by Crippen LogP contribution is 2.16. The number of hydrogen-bond acceptors (Lipinski definition) is 4. The van der Waals surface area contributed by atoms with Gasteiger partial charge in [0.2, 0.25) is 0 Å². The summed E-state index contributed by atoms with van der Waals surface area (Å²) in [5, 5.41) is 14.0. The number of hydrogen-bond donors (Lipinski definition) is 4. The van der Waals surface area contributed by atoms with Gasteiger partial charge in [-0.1, -0.05) is 0 Å². The van der Waals surface area contributed by atoms with Gasteiger partial charge in [-0.3, -0.25) is 4.79 Å². The van der Waals surface area contributed by atoms with Crippen molar-refractivity contribution in [2.75, 3.05) is 18.5 Å². The average Bonchev–Trinajstić information content (AvgIpc) is 2.76. The van der Waals surface area contributed by atoms with Gasteiger partial charge in [-0.05, 0) is 26.3 Å². The third kappa shape index (κ3) is 5.55. The Morgan fingerprint density at radius 1 is 1.38 bits per heavy atom. The SMILES string of the molecule is CCOC(=O)CCCNC(=O)Nc1cc(C)[nH]c1C(=O)O. The number of rotatable bonds is 7. The molecule has 0 unspecified atom stereocenters. The van der Waals surface area contributed by atoms with Crippen LogP contribution in [0, 0.1) is 6.92 Å². The summed E-state index contributed by atoms with van der Waals surface area (Å²) >= 11 is 0. The first-order valence-corrected chi connectivity index (χ1v) is 6.57. The molecule has 8 heteroatoms. The van der Waals surface area contributed by atoms with Gasteiger partial charge >= 0.3 is 18.0 Å². The molecule has 0 atom stereocenters. The molecule has 0 fully saturated rings. The molecule has 1 heterocycles. The summed E-state index contributed by atoms with van der Waals surface area (Å²) in [4.78, 5) is 36.3. The highest BCUT2D eigenvalue weighted by Gasteiger charge is 2.15. The number of aromatic amines is 1. The van der Waals surface area contributed by atoms with Crippen LogP contribution >= 0.6 is 0 Å². The van der Waals surface area contributed by atoms with Crippen LogP contribution in [0.1, 0.15) is 35.9 Å². The van der Waals surface area contributed by atoms with E-state index in [1.165, 1.54) is 6.07 Å². The van der Waals surface area contributed by atoms with Gasteiger partial charge < -0.3 is 25.5 Å². The van der Waals surface area contributed by atoms with Crippen LogP contribution in [0.25, 0.3) is 0 Å². The Morgan fingerprint density at radius 3 is 2.71 bits per heavy atom. The zero-order chi connectivity index (χ0) is 15.8. The Hall–Kier alpha value is -2.51. The third-order valence-corrected chi connectivity index (χ3v) is 2.56. The van der Waals surface area contributed by atoms with Crippen LogP contribution in [-0.4, -0.2) is 41.2 Å². The number of aromatic carboxylic acids is 1. The van der Waals surface area contributed by atoms with Crippen LogP contribution in [0.15, 0.2) is 6.07 Å². The second-order valence-corrected chi connectivity index (χ2v) is 4.34. The van der Waals surface area contributed by atoms with Crippen LogP contribution < -0.4 is 10.6 Å². The van der Waals surface area contributed by atoms with E-state index in [0.29, 0.717) is 18.7 Å². The second kappa shape index (κ2) is 7.93. The Labute approximate surface area is 121 Å². The van der Waals surface area contributed by atoms with Crippen LogP contribution in [0.5, 0.6) is 0 Å². The fourth-order valence-corrected chi connectivity index (χ4v) is 1.69. The Bertz CT molecular complexity index is 524. The summed E-state index contributed by atoms with van der Waals surface area (Å²) < 4.78 is 4.75. The maximum atomic E-state index is 11.6. The topological polar surface area (TPSA) is 121 Å². The number of H-pyrrole nitrogens is 1. The lowest BCUT2D eigenvalue weighted by molar-refractivity contribution is -0.143. The number of aryl methyl sites for hydroxylation is 1. The first-order chi connectivity index (χ1) is 9.93. The molecule has 1 rings (SSSR count). The third-order valence-electron chi connectivity index (χ3n) is 2.56. The summed E-state index contributed by atoms with van der Waals surface area (Å²) in [5.41, 5.74) is 0.752. The summed E-state index contributed by atoms with van der Waals surface area (Å²) in [7, 11) is 0. The molecule has 4 N–H and O–H groups in total. The van der Waals surface area contributed by atoms with E-state index in [1.807, 2.05) is 0 Å². The van der Waals surface area contributed by atoms with E-state index in [9.17, 15) is 14.4 Å². The number of carbonyl (C=O) groups is 3. The van der Waals surface area contributed by atoms with Crippen LogP contribution in [0.4, 0.5) is 10.5 Å². The summed E-state index contributed by atoms with van der Waals surface area (Å²) in [6, 6.07) is 1.00. The molecule has 2 amide bonds. The number of nitrogens with one attached hydrogen (secondary N) is 3. The monoisotopic (exact) mass is 297 g/mol. The minimum absolute atomic E-state index is 0.0748. The summed E-state index contributed by atoms with van der Waals surface area (Å²) in [5.74, 6) is -1.46. The minimum Gasteiger partial charge on any atom is -0.477 e. The molecule has 0 bridgehead atoms. The van der Waals surface area contributed by atoms with Crippen molar-refractivity contribution < 1.29 is 24.2 Å². The number of esters is 1. The molecule has 0 aliphatic rings. The van der Waals surface area contributed by atoms with Crippen LogP contribution in [0.3, 0.4) is 0 Å². The number of carboxylic acids is 1. The largest absolute Gasteiger partial charge is 0.477 e. The zero-order valence-electron chi connectivity index (χ0n) is 12.0. The van der Waals surface area contributed by atoms with Gasteiger partial charge in [-0.15, -0.1) is 0 Å². The highest BCUT2D eigenvalue weighted by molar-refractivity contribution is 5.99. The van der Waals surface area contributed by atoms with E-state index in [2.05, 4.69) is 15.6 Å². The first-order valence-electron chi connectivity index (χ1n) is 6.57. The number of carbonyl (C=O) groups excluding carboxylic acids is 2. The van der Waals surface area contributed by atoms with Crippen molar-refractivity contribution in [3.05, 3.63) is 17.5 Å². The van der Waals surface area contributed by atoms with Gasteiger partial charge in [-0.2, -0.15) is 0 Å². The normalized spacial score (nSPS) is 10.0. The fraction of sp³-hybridized carbons (Fsp3) is 0.462. The van der Waals surface area contributed by atoms with Crippen molar-refractivity contribution in [1.29, 1.82) is 0 Å². The maximum absolute atomic E-state index is 11.6. The maximum Gasteiger partial charge on any atom is 0.354 e. The van der Waals surface area contributed by atoms with E-state index >= 15 is 0 Å². The van der Waals surface area contributed by atoms with Gasteiger partial charge in [0.05, 0.1) is 12.3 Å². The molecular weight excluding hydrogens is 278 g/mol. The number of urea groups is 1. The fourth-order valence-electron chi connectivity index (χ4n) is 1.69. The molecule has 0 radical (unpaired) electrons. The number of anilines is 1. The molecule has 0 saturated heterocycles. The lowest BCUT2D eigenvalue weighted by Crippen LogP contribution is -2.30. The summed E-state index contributed by atoms with van der Waals surface area (Å²) in [6.45, 7) is 4.03. The van der Waals surface area contributed by atoms with Crippen LogP contribution in [-0.2, 0) is 9.53 Å². The molecule has 1 aromatic heterocycles. The van der Waals surface area contributed by atoms with E-state index < -0.39 is 12.0 Å². The molecule has 21 heavy (non-hydrogen) atoms. The quantitative estimate of drug-likeness (QED) is 0.449. The molecule has 0 aliphatic heterocycles. The van der Waals surface area contributed by atoms with Gasteiger partial charge in [0.1, 0.15) is 5.69 Å². The molecule has 0 saturated carbocycles. The molecule has 0 aliphatic carbocycles. The van der Waals surface area contributed by atoms with E-state index in [0.717, 1.165) is 0 Å². The molecule has 116 valence electrons. The van der Waals surface area contributed by atoms with Gasteiger partial charge in [0.25, 0.3) is 0 Å². The lowest BCUT2D eigenvalue weighted by atomic mass is 10.3. The lowest BCUT2D eigenvalue weighted by Gasteiger charge is -2.07. The van der Waals surface area contributed by atoms with Gasteiger partial charge in [0.15, 0.2) is 0 Å². The van der Waals surface area contributed by atoms with Gasteiger partial charge in [0, 0.05) is 18.7 Å². The van der Waals surface area contributed by atoms with E-state index in [-0.39, 0.29) is 30.3 Å². The molecule has 0 aromatic carbocycles. The van der Waals surface area contributed by atoms with Crippen LogP contribution in [0.2, 0.25) is 0 Å². The number of aromatic nitrogens is 1. The standard InChI is InChI=1S/C13H19N3O5/c1-3-21-10(17)5-4-6-14-13(20)16-9-7-8(2)15-11(9)12(18)19/h7,15H,3-6H2,1-2H3,(H,18,19)(H2,14,16,20). The summed E-state index contributed by atoms with van der Waals surface area (Å²) in [6.07, 6.45) is 0.669. The van der Waals surface area contributed by atoms with E-state index in [1.54, 1.807) is 13.8 Å². The Kier molecular flexibility index (Phi) is 6.25. The van der Waals surface area contributed by atoms with E-state index in [4.69, 9.17) is 9.84 Å². The smallest absolute Gasteiger partial charge is 0.354 e. The molecular formula is C13H19N3O5. The van der Waals surface area contributed by atoms with Crippen molar-refractivity contribution in [2.24, 2.45) is 0 Å². The van der Waals surface area contributed by atoms with Crippen molar-refractivity contribution in [3.8, 4) is 0 Å². The number of carboxylic acid groups (broad SMARTS) is 1. The first kappa shape index (κ1) is 16.5. The van der Waals surface area contributed by atoms with Crippen molar-refractivity contribution in [1.82, 2.24) is 10.3 Å².